The van der Waals surface area contributed by atoms with Crippen LogP contribution in [0.25, 0.3) is 10.9 Å². The third kappa shape index (κ3) is 2.35. The van der Waals surface area contributed by atoms with Crippen LogP contribution in [-0.2, 0) is 6.61 Å². The lowest BCUT2D eigenvalue weighted by molar-refractivity contribution is 0.292. The fourth-order valence-electron chi connectivity index (χ4n) is 1.82. The van der Waals surface area contributed by atoms with Gasteiger partial charge in [0, 0.05) is 23.7 Å². The molecule has 3 rings (SSSR count). The van der Waals surface area contributed by atoms with E-state index in [9.17, 15) is 0 Å². The number of benzene rings is 1. The van der Waals surface area contributed by atoms with Gasteiger partial charge in [-0.1, -0.05) is 5.16 Å². The molecular weight excluding hydrogens is 244 g/mol. The lowest BCUT2D eigenvalue weighted by atomic mass is 10.2. The first-order valence-electron chi connectivity index (χ1n) is 5.81. The van der Waals surface area contributed by atoms with Gasteiger partial charge in [0.05, 0.1) is 12.6 Å². The molecule has 5 nitrogen and oxygen atoms in total. The molecule has 0 aliphatic heterocycles. The largest absolute Gasteiger partial charge is 0.497 e. The fraction of sp³-hybridized carbons (Fsp3) is 0.143. The van der Waals surface area contributed by atoms with Crippen LogP contribution >= 0.6 is 0 Å². The zero-order valence-electron chi connectivity index (χ0n) is 10.4. The molecule has 0 aliphatic rings. The van der Waals surface area contributed by atoms with Gasteiger partial charge in [-0.3, -0.25) is 4.98 Å². The Morgan fingerprint density at radius 2 is 2.16 bits per heavy atom. The molecule has 0 saturated carbocycles. The lowest BCUT2D eigenvalue weighted by Crippen LogP contribution is -1.96. The average molecular weight is 256 g/mol. The molecule has 0 radical (unpaired) electrons. The Kier molecular flexibility index (Phi) is 3.02. The first kappa shape index (κ1) is 11.5. The number of hydrogen-bond donors (Lipinski definition) is 0. The summed E-state index contributed by atoms with van der Waals surface area (Å²) in [4.78, 5) is 4.30. The van der Waals surface area contributed by atoms with Crippen molar-refractivity contribution < 1.29 is 14.0 Å². The van der Waals surface area contributed by atoms with Gasteiger partial charge in [-0.15, -0.1) is 0 Å². The summed E-state index contributed by atoms with van der Waals surface area (Å²) in [6, 6.07) is 9.28. The van der Waals surface area contributed by atoms with Gasteiger partial charge in [0.1, 0.15) is 30.1 Å². The normalized spacial score (nSPS) is 10.6. The van der Waals surface area contributed by atoms with E-state index in [0.29, 0.717) is 6.61 Å². The second-order valence-electron chi connectivity index (χ2n) is 3.97. The third-order valence-electron chi connectivity index (χ3n) is 2.78. The van der Waals surface area contributed by atoms with Gasteiger partial charge >= 0.3 is 0 Å². The second-order valence-corrected chi connectivity index (χ2v) is 3.97. The van der Waals surface area contributed by atoms with Gasteiger partial charge in [-0.05, 0) is 18.2 Å². The zero-order valence-corrected chi connectivity index (χ0v) is 10.4. The van der Waals surface area contributed by atoms with Crippen molar-refractivity contribution in [2.45, 2.75) is 6.61 Å². The highest BCUT2D eigenvalue weighted by molar-refractivity contribution is 5.85. The maximum Gasteiger partial charge on any atom is 0.134 e. The minimum atomic E-state index is 0.363. The van der Waals surface area contributed by atoms with E-state index in [1.54, 1.807) is 19.4 Å². The van der Waals surface area contributed by atoms with E-state index in [0.717, 1.165) is 28.1 Å². The maximum absolute atomic E-state index is 5.73. The molecule has 3 aromatic rings. The van der Waals surface area contributed by atoms with Crippen LogP contribution in [0.15, 0.2) is 47.3 Å². The number of aromatic nitrogens is 2. The highest BCUT2D eigenvalue weighted by Gasteiger charge is 2.05. The smallest absolute Gasteiger partial charge is 0.134 e. The van der Waals surface area contributed by atoms with Crippen molar-refractivity contribution in [1.29, 1.82) is 0 Å². The van der Waals surface area contributed by atoms with E-state index in [1.165, 1.54) is 6.26 Å². The Morgan fingerprint density at radius 3 is 2.95 bits per heavy atom. The molecule has 0 aliphatic carbocycles. The summed E-state index contributed by atoms with van der Waals surface area (Å²) in [5, 5.41) is 4.74. The number of methoxy groups -OCH3 is 1. The average Bonchev–Trinajstić information content (AvgIpc) is 2.97. The molecule has 0 saturated heterocycles. The minimum Gasteiger partial charge on any atom is -0.497 e. The summed E-state index contributed by atoms with van der Waals surface area (Å²) >= 11 is 0. The quantitative estimate of drug-likeness (QED) is 0.718. The van der Waals surface area contributed by atoms with E-state index in [-0.39, 0.29) is 0 Å². The molecule has 5 heteroatoms. The SMILES string of the molecule is COc1ccc2c(OCc3ccon3)ccnc2c1. The predicted octanol–water partition coefficient (Wildman–Crippen LogP) is 2.81. The van der Waals surface area contributed by atoms with E-state index < -0.39 is 0 Å². The standard InChI is InChI=1S/C14H12N2O3/c1-17-11-2-3-12-13(8-11)15-6-4-14(12)18-9-10-5-7-19-16-10/h2-8H,9H2,1H3. The Bertz CT molecular complexity index is 680. The summed E-state index contributed by atoms with van der Waals surface area (Å²) < 4.78 is 15.7. The molecular formula is C14H12N2O3. The molecule has 0 N–H and O–H groups in total. The Hall–Kier alpha value is -2.56. The number of nitrogens with zero attached hydrogens (tertiary/aromatic N) is 2. The lowest BCUT2D eigenvalue weighted by Gasteiger charge is -2.08. The number of fused-ring (bicyclic) bond motifs is 1. The molecule has 1 aromatic carbocycles. The van der Waals surface area contributed by atoms with E-state index in [4.69, 9.17) is 14.0 Å². The Labute approximate surface area is 109 Å². The predicted molar refractivity (Wildman–Crippen MR) is 69.1 cm³/mol. The van der Waals surface area contributed by atoms with Gasteiger partial charge in [-0.25, -0.2) is 0 Å². The molecule has 0 fully saturated rings. The van der Waals surface area contributed by atoms with Crippen LogP contribution in [-0.4, -0.2) is 17.3 Å². The van der Waals surface area contributed by atoms with Gasteiger partial charge in [0.15, 0.2) is 0 Å². The Morgan fingerprint density at radius 1 is 1.21 bits per heavy atom. The molecule has 0 bridgehead atoms. The molecule has 0 spiro atoms. The summed E-state index contributed by atoms with van der Waals surface area (Å²) in [5.41, 5.74) is 1.58. The van der Waals surface area contributed by atoms with Crippen molar-refractivity contribution >= 4 is 10.9 Å². The molecule has 0 amide bonds. The van der Waals surface area contributed by atoms with Crippen LogP contribution in [0.1, 0.15) is 5.69 Å². The molecule has 19 heavy (non-hydrogen) atoms. The molecule has 0 unspecified atom stereocenters. The van der Waals surface area contributed by atoms with Crippen molar-refractivity contribution in [1.82, 2.24) is 10.1 Å². The van der Waals surface area contributed by atoms with Gasteiger partial charge < -0.3 is 14.0 Å². The van der Waals surface area contributed by atoms with Crippen molar-refractivity contribution in [3.63, 3.8) is 0 Å². The number of pyridine rings is 1. The highest BCUT2D eigenvalue weighted by Crippen LogP contribution is 2.27. The minimum absolute atomic E-state index is 0.363. The van der Waals surface area contributed by atoms with Crippen LogP contribution in [0.4, 0.5) is 0 Å². The highest BCUT2D eigenvalue weighted by atomic mass is 16.5. The second kappa shape index (κ2) is 4.97. The van der Waals surface area contributed by atoms with E-state index in [1.807, 2.05) is 24.3 Å². The summed E-state index contributed by atoms with van der Waals surface area (Å²) in [5.74, 6) is 1.53. The third-order valence-corrected chi connectivity index (χ3v) is 2.78. The van der Waals surface area contributed by atoms with Crippen LogP contribution < -0.4 is 9.47 Å². The monoisotopic (exact) mass is 256 g/mol. The summed E-state index contributed by atoms with van der Waals surface area (Å²) in [6.45, 7) is 0.363. The molecule has 0 atom stereocenters. The molecule has 96 valence electrons. The summed E-state index contributed by atoms with van der Waals surface area (Å²) in [7, 11) is 1.63. The van der Waals surface area contributed by atoms with Crippen molar-refractivity contribution in [3.05, 3.63) is 48.5 Å². The number of hydrogen-bond acceptors (Lipinski definition) is 5. The van der Waals surface area contributed by atoms with Crippen LogP contribution in [0.2, 0.25) is 0 Å². The maximum atomic E-state index is 5.73. The van der Waals surface area contributed by atoms with E-state index in [2.05, 4.69) is 10.1 Å². The number of rotatable bonds is 4. The van der Waals surface area contributed by atoms with Crippen molar-refractivity contribution in [2.75, 3.05) is 7.11 Å². The van der Waals surface area contributed by atoms with Gasteiger partial charge in [0.2, 0.25) is 0 Å². The van der Waals surface area contributed by atoms with Gasteiger partial charge in [0.25, 0.3) is 0 Å². The first-order valence-corrected chi connectivity index (χ1v) is 5.81. The van der Waals surface area contributed by atoms with Gasteiger partial charge in [-0.2, -0.15) is 0 Å². The van der Waals surface area contributed by atoms with Crippen LogP contribution in [0, 0.1) is 0 Å². The Balaban J connectivity index is 1.90. The fourth-order valence-corrected chi connectivity index (χ4v) is 1.82. The van der Waals surface area contributed by atoms with E-state index >= 15 is 0 Å². The molecule has 2 aromatic heterocycles. The van der Waals surface area contributed by atoms with Crippen molar-refractivity contribution in [2.24, 2.45) is 0 Å². The molecule has 2 heterocycles. The van der Waals surface area contributed by atoms with Crippen LogP contribution in [0.3, 0.4) is 0 Å². The topological polar surface area (TPSA) is 57.4 Å². The number of ether oxygens (including phenoxy) is 2. The van der Waals surface area contributed by atoms with Crippen LogP contribution in [0.5, 0.6) is 11.5 Å². The first-order chi connectivity index (χ1) is 9.36. The van der Waals surface area contributed by atoms with Crippen molar-refractivity contribution in [3.8, 4) is 11.5 Å². The zero-order chi connectivity index (χ0) is 13.1. The summed E-state index contributed by atoms with van der Waals surface area (Å²) in [6.07, 6.45) is 3.23.